The third-order valence-corrected chi connectivity index (χ3v) is 23.6. The van der Waals surface area contributed by atoms with E-state index < -0.39 is 97.9 Å². The van der Waals surface area contributed by atoms with Crippen LogP contribution in [0.2, 0.25) is 19.6 Å². The van der Waals surface area contributed by atoms with Gasteiger partial charge in [0.2, 0.25) is 0 Å². The third kappa shape index (κ3) is 28.4. The molecule has 123 heavy (non-hydrogen) atoms. The molecular weight excluding hydrogens is 1670 g/mol. The van der Waals surface area contributed by atoms with E-state index in [2.05, 4.69) is 64.9 Å². The first-order chi connectivity index (χ1) is 57.8. The molecule has 36 heteroatoms. The summed E-state index contributed by atoms with van der Waals surface area (Å²) in [5, 5.41) is 2.61. The van der Waals surface area contributed by atoms with E-state index in [0.29, 0.717) is 115 Å². The number of ether oxygens (including phenoxy) is 6. The van der Waals surface area contributed by atoms with Crippen LogP contribution < -0.4 is 29.7 Å². The number of benzene rings is 6. The molecule has 2 atom stereocenters. The van der Waals surface area contributed by atoms with Crippen LogP contribution >= 0.6 is 0 Å². The summed E-state index contributed by atoms with van der Waals surface area (Å²) in [6, 6.07) is 32.0. The monoisotopic (exact) mass is 1780 g/mol. The molecule has 0 amide bonds. The number of nitrogens with one attached hydrogen (secondary N) is 1. The highest BCUT2D eigenvalue weighted by atomic mass is 28.3. The molecule has 1 N–H and O–H groups in total. The standard InChI is InChI=1S/C25H27F5N2O2.C18H21F5N2O2.C16H16F5NO2.C15H18F3NO3.C13H23NOSi/c1-34-23(33)18-9-11-32(12-10-18)22-13-19(25(28,29)30)7-8-20(22)21-15-31(16-24(21,26)27)14-17-5-3-2-4-6-17;1-27-16(26)11-4-6-25(7-5-11)15-8-12(18(21,22)23)2-3-13(15)14-9-24-10-17(14,19)20;1-24-15(23)10-4-6-22(7-5-10)13-9-12(16(19,20)21)3-2-11(13)8-14(17)18;1-21-13-4-3-11(15(16,17)18)9-12(13)19-7-5-10(6-8-19)14(20)22-2;1-15-11-14(12-16(2,3)4)10-13-8-6-5-7-9-13/h2-8,13,18,21H,9-12,14-16H2,1H3;2-3,8,11,14,24H,4-7,9-10H2,1H3;2-3,8-10H,4-7H2,1H3;3-4,9-10H,5-8H2,1-2H3;5-9H,10-12H2,1-4H3. The molecular formula is C87H105F18N7O10Si. The maximum atomic E-state index is 15.2. The lowest BCUT2D eigenvalue weighted by Gasteiger charge is -2.35. The van der Waals surface area contributed by atoms with Gasteiger partial charge in [0, 0.05) is 114 Å². The van der Waals surface area contributed by atoms with Gasteiger partial charge in [-0.25, -0.2) is 17.6 Å². The van der Waals surface area contributed by atoms with E-state index in [1.807, 2.05) is 35.2 Å². The van der Waals surface area contributed by atoms with Crippen LogP contribution in [0.3, 0.4) is 0 Å². The van der Waals surface area contributed by atoms with Crippen molar-refractivity contribution in [2.24, 2.45) is 23.7 Å². The summed E-state index contributed by atoms with van der Waals surface area (Å²) in [5.74, 6) is -10.7. The molecule has 6 aromatic rings. The third-order valence-electron chi connectivity index (χ3n) is 22.2. The first kappa shape index (κ1) is 99.2. The van der Waals surface area contributed by atoms with Gasteiger partial charge in [0.05, 0.1) is 127 Å². The fourth-order valence-corrected chi connectivity index (χ4v) is 17.5. The number of anilines is 4. The van der Waals surface area contributed by atoms with Gasteiger partial charge in [0.15, 0.2) is 0 Å². The Bertz CT molecular complexity index is 4430. The lowest BCUT2D eigenvalue weighted by atomic mass is 9.90. The fraction of sp³-hybridized carbons (Fsp3) is 0.517. The first-order valence-electron chi connectivity index (χ1n) is 40.0. The molecule has 6 aliphatic heterocycles. The molecule has 0 bridgehead atoms. The Morgan fingerprint density at radius 2 is 0.821 bits per heavy atom. The van der Waals surface area contributed by atoms with Crippen molar-refractivity contribution in [3.8, 4) is 5.75 Å². The van der Waals surface area contributed by atoms with Gasteiger partial charge in [-0.2, -0.15) is 61.5 Å². The molecule has 6 aromatic carbocycles. The predicted octanol–water partition coefficient (Wildman–Crippen LogP) is 19.2. The van der Waals surface area contributed by atoms with E-state index in [1.54, 1.807) is 26.7 Å². The molecule has 12 rings (SSSR count). The number of alkyl halides is 16. The Balaban J connectivity index is 0.000000195. The van der Waals surface area contributed by atoms with Crippen molar-refractivity contribution in [3.63, 3.8) is 0 Å². The molecule has 6 aliphatic rings. The van der Waals surface area contributed by atoms with Crippen molar-refractivity contribution in [2.45, 2.75) is 132 Å². The summed E-state index contributed by atoms with van der Waals surface area (Å²) in [7, 11) is 7.32. The van der Waals surface area contributed by atoms with E-state index in [0.717, 1.165) is 79.5 Å². The minimum atomic E-state index is -4.59. The molecule has 0 saturated carbocycles. The average molecular weight is 1780 g/mol. The topological polar surface area (TPSA) is 155 Å². The fourth-order valence-electron chi connectivity index (χ4n) is 16.0. The van der Waals surface area contributed by atoms with E-state index in [4.69, 9.17) is 23.7 Å². The van der Waals surface area contributed by atoms with E-state index in [1.165, 1.54) is 59.4 Å². The lowest BCUT2D eigenvalue weighted by Crippen LogP contribution is -2.40. The number of rotatable bonds is 20. The van der Waals surface area contributed by atoms with Gasteiger partial charge < -0.3 is 53.3 Å². The van der Waals surface area contributed by atoms with Gasteiger partial charge in [-0.1, -0.05) is 98.5 Å². The van der Waals surface area contributed by atoms with Gasteiger partial charge in [0.1, 0.15) is 5.75 Å². The maximum Gasteiger partial charge on any atom is 0.416 e. The zero-order valence-corrected chi connectivity index (χ0v) is 70.8. The number of likely N-dealkylation sites (tertiary alicyclic amines) is 1. The summed E-state index contributed by atoms with van der Waals surface area (Å²) in [5.41, 5.74) is 0.165. The summed E-state index contributed by atoms with van der Waals surface area (Å²) < 4.78 is 271. The number of halogens is 18. The van der Waals surface area contributed by atoms with Crippen LogP contribution in [0.1, 0.15) is 113 Å². The van der Waals surface area contributed by atoms with Gasteiger partial charge in [-0.05, 0) is 134 Å². The Labute approximate surface area is 704 Å². The van der Waals surface area contributed by atoms with Crippen LogP contribution in [0, 0.1) is 23.7 Å². The van der Waals surface area contributed by atoms with Gasteiger partial charge in [-0.3, -0.25) is 29.0 Å². The molecule has 6 heterocycles. The number of hydrogen-bond donors (Lipinski definition) is 1. The number of nitrogens with zero attached hydrogens (tertiary/aromatic N) is 6. The molecule has 6 saturated heterocycles. The molecule has 0 radical (unpaired) electrons. The van der Waals surface area contributed by atoms with Crippen molar-refractivity contribution in [2.75, 3.05) is 154 Å². The van der Waals surface area contributed by atoms with Crippen molar-refractivity contribution in [3.05, 3.63) is 190 Å². The summed E-state index contributed by atoms with van der Waals surface area (Å²) in [6.07, 6.45) is -14.9. The highest BCUT2D eigenvalue weighted by Gasteiger charge is 2.51. The van der Waals surface area contributed by atoms with E-state index >= 15 is 8.78 Å². The SMILES string of the molecule is COC(=O)C1CCN(c2cc(C(F)(F)F)ccc2C2CN(Cc3ccccc3)CC2(F)F)CC1.COC(=O)C1CCN(c2cc(C(F)(F)F)ccc2C2CNCC2(F)F)CC1.COC(=O)C1CCN(c2cc(C(F)(F)F)ccc2C=C(F)F)CC1.COC(=O)C1CCN(c2cc(C(F)(F)F)ccc2OC)CC1.COCN(Cc1ccccc1)C[Si](C)(C)C. The molecule has 678 valence electrons. The Hall–Kier alpha value is -9.26. The molecule has 17 nitrogen and oxygen atoms in total. The van der Waals surface area contributed by atoms with Crippen LogP contribution in [0.5, 0.6) is 5.75 Å². The second-order valence-corrected chi connectivity index (χ2v) is 37.6. The molecule has 6 fully saturated rings. The Morgan fingerprint density at radius 1 is 0.463 bits per heavy atom. The van der Waals surface area contributed by atoms with E-state index in [9.17, 15) is 89.4 Å². The average Bonchev–Trinajstić information content (AvgIpc) is 1.67. The number of esters is 4. The number of methoxy groups -OCH3 is 6. The number of hydrogen-bond acceptors (Lipinski definition) is 17. The highest BCUT2D eigenvalue weighted by Crippen LogP contribution is 2.49. The Morgan fingerprint density at radius 3 is 1.18 bits per heavy atom. The van der Waals surface area contributed by atoms with Gasteiger partial charge in [0.25, 0.3) is 17.9 Å². The summed E-state index contributed by atoms with van der Waals surface area (Å²) >= 11 is 0. The molecule has 2 unspecified atom stereocenters. The highest BCUT2D eigenvalue weighted by molar-refractivity contribution is 6.76. The van der Waals surface area contributed by atoms with Crippen LogP contribution in [0.25, 0.3) is 6.08 Å². The number of piperidine rings is 4. The first-order valence-corrected chi connectivity index (χ1v) is 43.7. The molecule has 0 aromatic heterocycles. The normalized spacial score (nSPS) is 18.8. The van der Waals surface area contributed by atoms with Crippen molar-refractivity contribution in [1.82, 2.24) is 15.1 Å². The molecule has 0 spiro atoms. The smallest absolute Gasteiger partial charge is 0.416 e. The van der Waals surface area contributed by atoms with Crippen LogP contribution in [0.15, 0.2) is 140 Å². The lowest BCUT2D eigenvalue weighted by molar-refractivity contribution is -0.146. The second-order valence-electron chi connectivity index (χ2n) is 32.1. The zero-order chi connectivity index (χ0) is 90.6. The van der Waals surface area contributed by atoms with Crippen molar-refractivity contribution in [1.29, 1.82) is 0 Å². The van der Waals surface area contributed by atoms with Gasteiger partial charge >= 0.3 is 48.6 Å². The minimum Gasteiger partial charge on any atom is -0.495 e. The molecule has 0 aliphatic carbocycles. The number of carbonyl (C=O) groups excluding carboxylic acids is 4. The van der Waals surface area contributed by atoms with Crippen molar-refractivity contribution >= 4 is 60.8 Å². The number of carbonyl (C=O) groups is 4. The van der Waals surface area contributed by atoms with Crippen LogP contribution in [-0.4, -0.2) is 188 Å². The minimum absolute atomic E-state index is 0.00396. The van der Waals surface area contributed by atoms with E-state index in [-0.39, 0.29) is 107 Å². The largest absolute Gasteiger partial charge is 0.495 e. The zero-order valence-electron chi connectivity index (χ0n) is 69.8. The predicted molar refractivity (Wildman–Crippen MR) is 432 cm³/mol. The maximum absolute atomic E-state index is 15.2. The Kier molecular flexibility index (Phi) is 35.1. The van der Waals surface area contributed by atoms with Gasteiger partial charge in [-0.15, -0.1) is 0 Å². The van der Waals surface area contributed by atoms with Crippen LogP contribution in [0.4, 0.5) is 102 Å². The second kappa shape index (κ2) is 43.6. The quantitative estimate of drug-likeness (QED) is 0.0253. The summed E-state index contributed by atoms with van der Waals surface area (Å²) in [4.78, 5) is 57.3. The van der Waals surface area contributed by atoms with Crippen molar-refractivity contribution < 1.29 is 127 Å². The van der Waals surface area contributed by atoms with Crippen LogP contribution in [-0.2, 0) is 80.7 Å². The summed E-state index contributed by atoms with van der Waals surface area (Å²) in [6.45, 7) is 11.0.